The topological polar surface area (TPSA) is 62.2 Å². The van der Waals surface area contributed by atoms with Gasteiger partial charge in [-0.3, -0.25) is 4.90 Å². The number of nitrogens with zero attached hydrogens (tertiary/aromatic N) is 3. The van der Waals surface area contributed by atoms with Crippen LogP contribution in [-0.2, 0) is 6.54 Å². The molecule has 0 atom stereocenters. The standard InChI is InChI=1S/C22H25N5O/c28-22(25-20-9-4-5-10-21(20)27-14-6-13-23-27)24-19-11-15-26(16-12-19)17-18-7-2-1-3-8-18/h1-10,13-14,19H,11-12,15-17H2,(H2,24,25,28). The molecule has 28 heavy (non-hydrogen) atoms. The highest BCUT2D eigenvalue weighted by Crippen LogP contribution is 2.19. The van der Waals surface area contributed by atoms with E-state index in [1.54, 1.807) is 10.9 Å². The fourth-order valence-electron chi connectivity index (χ4n) is 3.61. The zero-order valence-electron chi connectivity index (χ0n) is 15.8. The van der Waals surface area contributed by atoms with Crippen LogP contribution in [0.3, 0.4) is 0 Å². The Kier molecular flexibility index (Phi) is 5.68. The first kappa shape index (κ1) is 18.3. The Bertz CT molecular complexity index is 886. The van der Waals surface area contributed by atoms with Crippen molar-refractivity contribution in [1.82, 2.24) is 20.0 Å². The van der Waals surface area contributed by atoms with E-state index in [4.69, 9.17) is 0 Å². The third-order valence-corrected chi connectivity index (χ3v) is 5.08. The summed E-state index contributed by atoms with van der Waals surface area (Å²) < 4.78 is 1.75. The minimum Gasteiger partial charge on any atom is -0.335 e. The minimum atomic E-state index is -0.166. The Hall–Kier alpha value is -3.12. The lowest BCUT2D eigenvalue weighted by atomic mass is 10.0. The Balaban J connectivity index is 1.29. The van der Waals surface area contributed by atoms with Crippen LogP contribution >= 0.6 is 0 Å². The van der Waals surface area contributed by atoms with Gasteiger partial charge in [0.15, 0.2) is 0 Å². The number of para-hydroxylation sites is 2. The Morgan fingerprint density at radius 2 is 1.75 bits per heavy atom. The molecule has 4 rings (SSSR count). The van der Waals surface area contributed by atoms with E-state index < -0.39 is 0 Å². The van der Waals surface area contributed by atoms with Crippen molar-refractivity contribution >= 4 is 11.7 Å². The van der Waals surface area contributed by atoms with E-state index in [0.29, 0.717) is 0 Å². The van der Waals surface area contributed by atoms with E-state index in [2.05, 4.69) is 44.9 Å². The summed E-state index contributed by atoms with van der Waals surface area (Å²) in [5.74, 6) is 0. The molecule has 0 bridgehead atoms. The molecule has 6 nitrogen and oxygen atoms in total. The number of hydrogen-bond donors (Lipinski definition) is 2. The van der Waals surface area contributed by atoms with Gasteiger partial charge in [0.1, 0.15) is 0 Å². The van der Waals surface area contributed by atoms with Gasteiger partial charge >= 0.3 is 6.03 Å². The maximum absolute atomic E-state index is 12.5. The second kappa shape index (κ2) is 8.71. The van der Waals surface area contributed by atoms with Gasteiger partial charge in [-0.2, -0.15) is 5.10 Å². The predicted octanol–water partition coefficient (Wildman–Crippen LogP) is 3.66. The zero-order chi connectivity index (χ0) is 19.2. The number of rotatable bonds is 5. The molecular weight excluding hydrogens is 350 g/mol. The van der Waals surface area contributed by atoms with E-state index in [0.717, 1.165) is 43.9 Å². The molecular formula is C22H25N5O. The maximum atomic E-state index is 12.5. The van der Waals surface area contributed by atoms with E-state index in [9.17, 15) is 4.79 Å². The number of anilines is 1. The summed E-state index contributed by atoms with van der Waals surface area (Å²) in [6, 6.07) is 20.1. The SMILES string of the molecule is O=C(Nc1ccccc1-n1cccn1)NC1CCN(Cc2ccccc2)CC1. The predicted molar refractivity (Wildman–Crippen MR) is 110 cm³/mol. The van der Waals surface area contributed by atoms with Crippen molar-refractivity contribution in [2.75, 3.05) is 18.4 Å². The van der Waals surface area contributed by atoms with Crippen LogP contribution in [0.4, 0.5) is 10.5 Å². The monoisotopic (exact) mass is 375 g/mol. The quantitative estimate of drug-likeness (QED) is 0.715. The largest absolute Gasteiger partial charge is 0.335 e. The van der Waals surface area contributed by atoms with Gasteiger partial charge in [-0.05, 0) is 36.6 Å². The van der Waals surface area contributed by atoms with Crippen LogP contribution < -0.4 is 10.6 Å². The number of amides is 2. The maximum Gasteiger partial charge on any atom is 0.319 e. The lowest BCUT2D eigenvalue weighted by molar-refractivity contribution is 0.190. The number of likely N-dealkylation sites (tertiary alicyclic amines) is 1. The Morgan fingerprint density at radius 1 is 1.00 bits per heavy atom. The molecule has 0 radical (unpaired) electrons. The molecule has 0 aliphatic carbocycles. The highest BCUT2D eigenvalue weighted by molar-refractivity contribution is 5.91. The van der Waals surface area contributed by atoms with Gasteiger partial charge in [0, 0.05) is 38.1 Å². The van der Waals surface area contributed by atoms with E-state index in [-0.39, 0.29) is 12.1 Å². The number of carbonyl (C=O) groups excluding carboxylic acids is 1. The van der Waals surface area contributed by atoms with Crippen LogP contribution in [-0.4, -0.2) is 39.8 Å². The molecule has 1 aromatic heterocycles. The lowest BCUT2D eigenvalue weighted by Gasteiger charge is -2.32. The first-order valence-electron chi connectivity index (χ1n) is 9.71. The molecule has 2 N–H and O–H groups in total. The molecule has 0 unspecified atom stereocenters. The summed E-state index contributed by atoms with van der Waals surface area (Å²) in [7, 11) is 0. The number of urea groups is 1. The Morgan fingerprint density at radius 3 is 2.50 bits per heavy atom. The number of hydrogen-bond acceptors (Lipinski definition) is 3. The van der Waals surface area contributed by atoms with E-state index in [1.165, 1.54) is 5.56 Å². The minimum absolute atomic E-state index is 0.166. The molecule has 6 heteroatoms. The van der Waals surface area contributed by atoms with E-state index >= 15 is 0 Å². The van der Waals surface area contributed by atoms with E-state index in [1.807, 2.05) is 42.6 Å². The summed E-state index contributed by atoms with van der Waals surface area (Å²) in [5, 5.41) is 10.3. The number of benzene rings is 2. The van der Waals surface area contributed by atoms with Crippen molar-refractivity contribution in [1.29, 1.82) is 0 Å². The average molecular weight is 375 g/mol. The number of carbonyl (C=O) groups is 1. The molecule has 1 fully saturated rings. The normalized spacial score (nSPS) is 15.3. The molecule has 1 saturated heterocycles. The van der Waals surface area contributed by atoms with Gasteiger partial charge in [-0.1, -0.05) is 42.5 Å². The van der Waals surface area contributed by atoms with Gasteiger partial charge < -0.3 is 10.6 Å². The summed E-state index contributed by atoms with van der Waals surface area (Å²) in [5.41, 5.74) is 2.92. The molecule has 1 aliphatic rings. The summed E-state index contributed by atoms with van der Waals surface area (Å²) in [4.78, 5) is 15.0. The zero-order valence-corrected chi connectivity index (χ0v) is 15.8. The van der Waals surface area contributed by atoms with Crippen LogP contribution in [0.15, 0.2) is 73.1 Å². The van der Waals surface area contributed by atoms with Crippen LogP contribution in [0.1, 0.15) is 18.4 Å². The van der Waals surface area contributed by atoms with Gasteiger partial charge in [-0.25, -0.2) is 9.48 Å². The number of aromatic nitrogens is 2. The third-order valence-electron chi connectivity index (χ3n) is 5.08. The third kappa shape index (κ3) is 4.58. The highest BCUT2D eigenvalue weighted by atomic mass is 16.2. The second-order valence-corrected chi connectivity index (χ2v) is 7.10. The summed E-state index contributed by atoms with van der Waals surface area (Å²) in [6.07, 6.45) is 5.50. The van der Waals surface area contributed by atoms with Crippen LogP contribution in [0.2, 0.25) is 0 Å². The van der Waals surface area contributed by atoms with Gasteiger partial charge in [0.25, 0.3) is 0 Å². The molecule has 2 aromatic carbocycles. The van der Waals surface area contributed by atoms with Crippen molar-refractivity contribution in [2.45, 2.75) is 25.4 Å². The highest BCUT2D eigenvalue weighted by Gasteiger charge is 2.21. The van der Waals surface area contributed by atoms with Gasteiger partial charge in [0.05, 0.1) is 11.4 Å². The molecule has 1 aliphatic heterocycles. The fourth-order valence-corrected chi connectivity index (χ4v) is 3.61. The van der Waals surface area contributed by atoms with Crippen LogP contribution in [0.25, 0.3) is 5.69 Å². The number of piperidine rings is 1. The molecule has 0 spiro atoms. The molecule has 2 heterocycles. The summed E-state index contributed by atoms with van der Waals surface area (Å²) >= 11 is 0. The fraction of sp³-hybridized carbons (Fsp3) is 0.273. The van der Waals surface area contributed by atoms with Crippen molar-refractivity contribution in [2.24, 2.45) is 0 Å². The lowest BCUT2D eigenvalue weighted by Crippen LogP contribution is -2.45. The van der Waals surface area contributed by atoms with Crippen molar-refractivity contribution in [3.63, 3.8) is 0 Å². The first-order valence-corrected chi connectivity index (χ1v) is 9.71. The Labute approximate surface area is 165 Å². The average Bonchev–Trinajstić information content (AvgIpc) is 3.25. The van der Waals surface area contributed by atoms with Crippen LogP contribution in [0.5, 0.6) is 0 Å². The van der Waals surface area contributed by atoms with Crippen molar-refractivity contribution < 1.29 is 4.79 Å². The van der Waals surface area contributed by atoms with Gasteiger partial charge in [0.2, 0.25) is 0 Å². The molecule has 2 amide bonds. The number of nitrogens with one attached hydrogen (secondary N) is 2. The molecule has 144 valence electrons. The first-order chi connectivity index (χ1) is 13.8. The molecule has 0 saturated carbocycles. The van der Waals surface area contributed by atoms with Crippen molar-refractivity contribution in [3.05, 3.63) is 78.6 Å². The van der Waals surface area contributed by atoms with Crippen LogP contribution in [0, 0.1) is 0 Å². The second-order valence-electron chi connectivity index (χ2n) is 7.10. The van der Waals surface area contributed by atoms with Crippen molar-refractivity contribution in [3.8, 4) is 5.69 Å². The molecule has 3 aromatic rings. The van der Waals surface area contributed by atoms with Gasteiger partial charge in [-0.15, -0.1) is 0 Å². The summed E-state index contributed by atoms with van der Waals surface area (Å²) in [6.45, 7) is 2.95. The smallest absolute Gasteiger partial charge is 0.319 e.